The number of aryl methyl sites for hydroxylation is 1. The zero-order chi connectivity index (χ0) is 20.5. The Bertz CT molecular complexity index is 961. The Morgan fingerprint density at radius 2 is 2.10 bits per heavy atom. The van der Waals surface area contributed by atoms with Crippen molar-refractivity contribution in [1.82, 2.24) is 0 Å². The van der Waals surface area contributed by atoms with E-state index in [9.17, 15) is 9.18 Å². The molecule has 1 heterocycles. The molecular formula is C22H22ClFN2O3. The molecule has 0 radical (unpaired) electrons. The molecule has 2 aromatic carbocycles. The zero-order valence-corrected chi connectivity index (χ0v) is 16.8. The van der Waals surface area contributed by atoms with E-state index in [4.69, 9.17) is 21.4 Å². The van der Waals surface area contributed by atoms with Gasteiger partial charge in [-0.15, -0.1) is 0 Å². The molecule has 2 unspecified atom stereocenters. The summed E-state index contributed by atoms with van der Waals surface area (Å²) in [6, 6.07) is 10.5. The standard InChI is InChI=1S/C22H22ClFN2O3/c1-13-8-18(26(25-13)17-6-4-16(23)5-7-17)12-29-21-9-14-2-3-15(10-22(27)28)19(14)11-20(21)24/h4-7,9,11,15,18H,2-3,8,10,12H2,1H3,(H,27,28). The highest BCUT2D eigenvalue weighted by Gasteiger charge is 2.29. The summed E-state index contributed by atoms with van der Waals surface area (Å²) in [5.41, 5.74) is 3.66. The molecule has 2 aromatic rings. The van der Waals surface area contributed by atoms with Crippen LogP contribution in [0.4, 0.5) is 10.1 Å². The van der Waals surface area contributed by atoms with Crippen LogP contribution >= 0.6 is 11.6 Å². The van der Waals surface area contributed by atoms with Crippen molar-refractivity contribution in [2.24, 2.45) is 5.10 Å². The second-order valence-electron chi connectivity index (χ2n) is 7.64. The van der Waals surface area contributed by atoms with Crippen LogP contribution in [-0.4, -0.2) is 29.4 Å². The number of hydrogen-bond acceptors (Lipinski definition) is 4. The third-order valence-corrected chi connectivity index (χ3v) is 5.75. The average molecular weight is 417 g/mol. The number of carboxylic acid groups (broad SMARTS) is 1. The van der Waals surface area contributed by atoms with Crippen LogP contribution in [0.15, 0.2) is 41.5 Å². The van der Waals surface area contributed by atoms with E-state index in [0.717, 1.165) is 41.8 Å². The van der Waals surface area contributed by atoms with Crippen molar-refractivity contribution in [3.63, 3.8) is 0 Å². The molecule has 0 spiro atoms. The van der Waals surface area contributed by atoms with Crippen molar-refractivity contribution in [3.05, 3.63) is 58.4 Å². The van der Waals surface area contributed by atoms with Gasteiger partial charge in [0, 0.05) is 17.2 Å². The van der Waals surface area contributed by atoms with Gasteiger partial charge in [-0.05, 0) is 73.2 Å². The zero-order valence-electron chi connectivity index (χ0n) is 16.1. The van der Waals surface area contributed by atoms with Crippen LogP contribution in [0.2, 0.25) is 5.02 Å². The maximum absolute atomic E-state index is 14.6. The highest BCUT2D eigenvalue weighted by molar-refractivity contribution is 6.30. The fourth-order valence-electron chi connectivity index (χ4n) is 4.14. The molecule has 0 aromatic heterocycles. The van der Waals surface area contributed by atoms with E-state index in [-0.39, 0.29) is 30.7 Å². The first kappa shape index (κ1) is 19.7. The van der Waals surface area contributed by atoms with Gasteiger partial charge in [0.05, 0.1) is 18.2 Å². The minimum atomic E-state index is -0.859. The van der Waals surface area contributed by atoms with Crippen LogP contribution in [0.25, 0.3) is 0 Å². The van der Waals surface area contributed by atoms with Gasteiger partial charge in [0.25, 0.3) is 0 Å². The van der Waals surface area contributed by atoms with Gasteiger partial charge in [-0.2, -0.15) is 5.10 Å². The monoisotopic (exact) mass is 416 g/mol. The summed E-state index contributed by atoms with van der Waals surface area (Å²) < 4.78 is 20.5. The Morgan fingerprint density at radius 1 is 1.34 bits per heavy atom. The predicted molar refractivity (Wildman–Crippen MR) is 111 cm³/mol. The summed E-state index contributed by atoms with van der Waals surface area (Å²) >= 11 is 5.97. The number of rotatable bonds is 6. The smallest absolute Gasteiger partial charge is 0.303 e. The Hall–Kier alpha value is -2.60. The Balaban J connectivity index is 1.47. The first-order valence-electron chi connectivity index (χ1n) is 9.66. The van der Waals surface area contributed by atoms with Crippen molar-refractivity contribution < 1.29 is 19.0 Å². The second kappa shape index (κ2) is 8.03. The lowest BCUT2D eigenvalue weighted by molar-refractivity contribution is -0.137. The number of carbonyl (C=O) groups is 1. The van der Waals surface area contributed by atoms with Crippen LogP contribution in [0.1, 0.15) is 43.2 Å². The molecule has 1 aliphatic heterocycles. The van der Waals surface area contributed by atoms with Crippen LogP contribution in [0.3, 0.4) is 0 Å². The summed E-state index contributed by atoms with van der Waals surface area (Å²) in [5, 5.41) is 16.2. The minimum Gasteiger partial charge on any atom is -0.488 e. The van der Waals surface area contributed by atoms with Gasteiger partial charge in [0.15, 0.2) is 11.6 Å². The van der Waals surface area contributed by atoms with Gasteiger partial charge in [-0.1, -0.05) is 11.6 Å². The highest BCUT2D eigenvalue weighted by atomic mass is 35.5. The number of benzene rings is 2. The Labute approximate surface area is 173 Å². The van der Waals surface area contributed by atoms with Crippen LogP contribution in [0.5, 0.6) is 5.75 Å². The molecule has 0 saturated heterocycles. The number of fused-ring (bicyclic) bond motifs is 1. The molecule has 2 atom stereocenters. The van der Waals surface area contributed by atoms with Crippen molar-refractivity contribution in [2.75, 3.05) is 11.6 Å². The van der Waals surface area contributed by atoms with Crippen LogP contribution in [-0.2, 0) is 11.2 Å². The summed E-state index contributed by atoms with van der Waals surface area (Å²) in [5.74, 6) is -1.23. The number of aliphatic carboxylic acids is 1. The largest absolute Gasteiger partial charge is 0.488 e. The van der Waals surface area contributed by atoms with E-state index in [1.54, 1.807) is 6.07 Å². The number of hydrazone groups is 1. The molecular weight excluding hydrogens is 395 g/mol. The highest BCUT2D eigenvalue weighted by Crippen LogP contribution is 2.39. The van der Waals surface area contributed by atoms with Crippen LogP contribution < -0.4 is 9.75 Å². The summed E-state index contributed by atoms with van der Waals surface area (Å²) in [7, 11) is 0. The van der Waals surface area contributed by atoms with Crippen molar-refractivity contribution >= 4 is 29.0 Å². The molecule has 152 valence electrons. The quantitative estimate of drug-likeness (QED) is 0.718. The topological polar surface area (TPSA) is 62.1 Å². The second-order valence-corrected chi connectivity index (χ2v) is 8.08. The summed E-state index contributed by atoms with van der Waals surface area (Å²) in [4.78, 5) is 11.0. The fourth-order valence-corrected chi connectivity index (χ4v) is 4.26. The fraction of sp³-hybridized carbons (Fsp3) is 0.364. The van der Waals surface area contributed by atoms with Gasteiger partial charge in [-0.3, -0.25) is 9.80 Å². The number of carboxylic acids is 1. The Morgan fingerprint density at radius 3 is 2.83 bits per heavy atom. The van der Waals surface area contributed by atoms with Gasteiger partial charge in [-0.25, -0.2) is 4.39 Å². The van der Waals surface area contributed by atoms with E-state index in [1.165, 1.54) is 6.07 Å². The molecule has 1 N–H and O–H groups in total. The van der Waals surface area contributed by atoms with E-state index < -0.39 is 11.8 Å². The van der Waals surface area contributed by atoms with E-state index >= 15 is 0 Å². The molecule has 1 aliphatic carbocycles. The first-order chi connectivity index (χ1) is 13.9. The van der Waals surface area contributed by atoms with E-state index in [0.29, 0.717) is 5.02 Å². The number of hydrogen-bond donors (Lipinski definition) is 1. The van der Waals surface area contributed by atoms with Crippen molar-refractivity contribution in [2.45, 2.75) is 44.6 Å². The van der Waals surface area contributed by atoms with Gasteiger partial charge >= 0.3 is 5.97 Å². The molecule has 0 bridgehead atoms. The number of anilines is 1. The van der Waals surface area contributed by atoms with E-state index in [1.807, 2.05) is 36.2 Å². The van der Waals surface area contributed by atoms with Crippen LogP contribution in [0, 0.1) is 5.82 Å². The normalized spacial score (nSPS) is 20.5. The molecule has 0 saturated carbocycles. The maximum atomic E-state index is 14.6. The number of ether oxygens (including phenoxy) is 1. The molecule has 0 amide bonds. The first-order valence-corrected chi connectivity index (χ1v) is 10.0. The molecule has 0 fully saturated rings. The van der Waals surface area contributed by atoms with Crippen molar-refractivity contribution in [1.29, 1.82) is 0 Å². The number of halogens is 2. The lowest BCUT2D eigenvalue weighted by atomic mass is 9.98. The number of nitrogens with zero attached hydrogens (tertiary/aromatic N) is 2. The average Bonchev–Trinajstić information content (AvgIpc) is 3.23. The van der Waals surface area contributed by atoms with Gasteiger partial charge < -0.3 is 9.84 Å². The third kappa shape index (κ3) is 4.22. The lowest BCUT2D eigenvalue weighted by Gasteiger charge is -2.24. The summed E-state index contributed by atoms with van der Waals surface area (Å²) in [6.45, 7) is 2.25. The van der Waals surface area contributed by atoms with Gasteiger partial charge in [0.1, 0.15) is 6.61 Å². The Kier molecular flexibility index (Phi) is 5.46. The lowest BCUT2D eigenvalue weighted by Crippen LogP contribution is -2.32. The van der Waals surface area contributed by atoms with Crippen molar-refractivity contribution in [3.8, 4) is 5.75 Å². The molecule has 29 heavy (non-hydrogen) atoms. The molecule has 7 heteroatoms. The molecule has 5 nitrogen and oxygen atoms in total. The van der Waals surface area contributed by atoms with Gasteiger partial charge in [0.2, 0.25) is 0 Å². The molecule has 4 rings (SSSR count). The van der Waals surface area contributed by atoms with E-state index in [2.05, 4.69) is 5.10 Å². The third-order valence-electron chi connectivity index (χ3n) is 5.49. The SMILES string of the molecule is CC1=NN(c2ccc(Cl)cc2)C(COc2cc3c(cc2F)C(CC(=O)O)CC3)C1. The maximum Gasteiger partial charge on any atom is 0.303 e. The molecule has 2 aliphatic rings. The predicted octanol–water partition coefficient (Wildman–Crippen LogP) is 5.02. The minimum absolute atomic E-state index is 0.0292. The summed E-state index contributed by atoms with van der Waals surface area (Å²) in [6.07, 6.45) is 2.23.